The normalized spacial score (nSPS) is 13.4. The van der Waals surface area contributed by atoms with Crippen LogP contribution in [0.15, 0.2) is 54.6 Å². The van der Waals surface area contributed by atoms with Crippen LogP contribution in [0.5, 0.6) is 5.75 Å². The highest BCUT2D eigenvalue weighted by Gasteiger charge is 2.27. The third-order valence-corrected chi connectivity index (χ3v) is 4.41. The first kappa shape index (κ1) is 15.6. The number of hydrogen-bond donors (Lipinski definition) is 1. The molecule has 0 spiro atoms. The van der Waals surface area contributed by atoms with Crippen molar-refractivity contribution in [2.24, 2.45) is 5.92 Å². The van der Waals surface area contributed by atoms with E-state index in [9.17, 15) is 5.11 Å². The second-order valence-corrected chi connectivity index (χ2v) is 6.90. The molecule has 0 radical (unpaired) electrons. The number of hydrogen-bond acceptors (Lipinski definition) is 1. The van der Waals surface area contributed by atoms with Gasteiger partial charge in [-0.3, -0.25) is 0 Å². The molecule has 0 heterocycles. The minimum absolute atomic E-state index is 0.133. The molecule has 2 rings (SSSR count). The van der Waals surface area contributed by atoms with Gasteiger partial charge in [-0.05, 0) is 46.9 Å². The van der Waals surface area contributed by atoms with Crippen molar-refractivity contribution in [2.45, 2.75) is 45.4 Å². The molecule has 1 N–H and O–H groups in total. The molecule has 0 aromatic heterocycles. The highest BCUT2D eigenvalue weighted by molar-refractivity contribution is 5.30. The first-order valence-corrected chi connectivity index (χ1v) is 7.74. The Morgan fingerprint density at radius 3 is 2.00 bits per heavy atom. The molecule has 112 valence electrons. The fourth-order valence-electron chi connectivity index (χ4n) is 3.02. The summed E-state index contributed by atoms with van der Waals surface area (Å²) in [6, 6.07) is 18.4. The van der Waals surface area contributed by atoms with Crippen molar-refractivity contribution in [3.8, 4) is 5.75 Å². The second-order valence-electron chi connectivity index (χ2n) is 6.90. The molecule has 21 heavy (non-hydrogen) atoms. The van der Waals surface area contributed by atoms with Gasteiger partial charge in [-0.2, -0.15) is 0 Å². The van der Waals surface area contributed by atoms with Crippen LogP contribution in [0.1, 0.15) is 51.2 Å². The molecule has 1 unspecified atom stereocenters. The molecule has 1 atom stereocenters. The van der Waals surface area contributed by atoms with Gasteiger partial charge in [0.2, 0.25) is 0 Å². The van der Waals surface area contributed by atoms with E-state index in [4.69, 9.17) is 0 Å². The zero-order chi connectivity index (χ0) is 15.5. The first-order chi connectivity index (χ1) is 9.90. The summed E-state index contributed by atoms with van der Waals surface area (Å²) < 4.78 is 0. The molecule has 2 aromatic rings. The van der Waals surface area contributed by atoms with Crippen LogP contribution in [0.2, 0.25) is 0 Å². The van der Waals surface area contributed by atoms with Crippen LogP contribution < -0.4 is 0 Å². The predicted molar refractivity (Wildman–Crippen MR) is 89.8 cm³/mol. The van der Waals surface area contributed by atoms with E-state index in [2.05, 4.69) is 70.2 Å². The maximum atomic E-state index is 9.49. The predicted octanol–water partition coefficient (Wildman–Crippen LogP) is 5.50. The van der Waals surface area contributed by atoms with Crippen molar-refractivity contribution >= 4 is 0 Å². The Kier molecular flexibility index (Phi) is 4.72. The summed E-state index contributed by atoms with van der Waals surface area (Å²) in [6.45, 7) is 9.19. The summed E-state index contributed by atoms with van der Waals surface area (Å²) in [5.74, 6) is 1.39. The fourth-order valence-corrected chi connectivity index (χ4v) is 3.02. The summed E-state index contributed by atoms with van der Waals surface area (Å²) >= 11 is 0. The first-order valence-electron chi connectivity index (χ1n) is 7.74. The average Bonchev–Trinajstić information content (AvgIpc) is 2.47. The monoisotopic (exact) mass is 282 g/mol. The third-order valence-electron chi connectivity index (χ3n) is 4.41. The number of aromatic hydroxyl groups is 1. The lowest BCUT2D eigenvalue weighted by atomic mass is 9.72. The fraction of sp³-hybridized carbons (Fsp3) is 0.400. The molecule has 0 fully saturated rings. The van der Waals surface area contributed by atoms with Crippen LogP contribution in [0, 0.1) is 5.92 Å². The Hall–Kier alpha value is -1.76. The van der Waals surface area contributed by atoms with E-state index in [0.29, 0.717) is 17.6 Å². The van der Waals surface area contributed by atoms with Crippen molar-refractivity contribution in [3.63, 3.8) is 0 Å². The Bertz CT molecular complexity index is 552. The molecule has 0 bridgehead atoms. The van der Waals surface area contributed by atoms with E-state index in [-0.39, 0.29) is 5.41 Å². The second kappa shape index (κ2) is 6.34. The van der Waals surface area contributed by atoms with Crippen LogP contribution in [-0.2, 0) is 5.41 Å². The number of phenols is 1. The van der Waals surface area contributed by atoms with Gasteiger partial charge in [-0.15, -0.1) is 0 Å². The van der Waals surface area contributed by atoms with Crippen molar-refractivity contribution < 1.29 is 5.11 Å². The van der Waals surface area contributed by atoms with Crippen molar-refractivity contribution in [2.75, 3.05) is 0 Å². The minimum Gasteiger partial charge on any atom is -0.508 e. The van der Waals surface area contributed by atoms with E-state index in [1.54, 1.807) is 12.1 Å². The van der Waals surface area contributed by atoms with Gasteiger partial charge in [-0.25, -0.2) is 0 Å². The van der Waals surface area contributed by atoms with E-state index in [0.717, 1.165) is 6.42 Å². The Labute approximate surface area is 128 Å². The zero-order valence-corrected chi connectivity index (χ0v) is 13.5. The standard InChI is InChI=1S/C20H26O/c1-15(2)19(16-10-12-18(21)13-11-16)14-20(3,4)17-8-6-5-7-9-17/h5-13,15,19,21H,14H2,1-4H3. The average molecular weight is 282 g/mol. The molecular weight excluding hydrogens is 256 g/mol. The Morgan fingerprint density at radius 2 is 1.48 bits per heavy atom. The maximum absolute atomic E-state index is 9.49. The number of benzene rings is 2. The van der Waals surface area contributed by atoms with Crippen LogP contribution in [0.4, 0.5) is 0 Å². The van der Waals surface area contributed by atoms with Crippen LogP contribution in [-0.4, -0.2) is 5.11 Å². The molecule has 2 aromatic carbocycles. The Morgan fingerprint density at radius 1 is 0.905 bits per heavy atom. The van der Waals surface area contributed by atoms with Crippen LogP contribution in [0.3, 0.4) is 0 Å². The molecule has 1 heteroatoms. The van der Waals surface area contributed by atoms with E-state index in [1.165, 1.54) is 11.1 Å². The van der Waals surface area contributed by atoms with Gasteiger partial charge >= 0.3 is 0 Å². The lowest BCUT2D eigenvalue weighted by Crippen LogP contribution is -2.23. The van der Waals surface area contributed by atoms with Crippen molar-refractivity contribution in [1.82, 2.24) is 0 Å². The summed E-state index contributed by atoms with van der Waals surface area (Å²) in [5, 5.41) is 9.49. The van der Waals surface area contributed by atoms with E-state index in [1.807, 2.05) is 0 Å². The molecule has 0 saturated carbocycles. The molecule has 0 saturated heterocycles. The minimum atomic E-state index is 0.133. The van der Waals surface area contributed by atoms with E-state index < -0.39 is 0 Å². The quantitative estimate of drug-likeness (QED) is 0.767. The smallest absolute Gasteiger partial charge is 0.115 e. The summed E-state index contributed by atoms with van der Waals surface area (Å²) in [4.78, 5) is 0. The van der Waals surface area contributed by atoms with Gasteiger partial charge < -0.3 is 5.11 Å². The van der Waals surface area contributed by atoms with Crippen LogP contribution >= 0.6 is 0 Å². The van der Waals surface area contributed by atoms with Gasteiger partial charge in [0.25, 0.3) is 0 Å². The third kappa shape index (κ3) is 3.87. The lowest BCUT2D eigenvalue weighted by molar-refractivity contribution is 0.362. The molecule has 0 aliphatic rings. The maximum Gasteiger partial charge on any atom is 0.115 e. The summed E-state index contributed by atoms with van der Waals surface area (Å²) in [7, 11) is 0. The van der Waals surface area contributed by atoms with Gasteiger partial charge in [-0.1, -0.05) is 70.2 Å². The Balaban J connectivity index is 2.26. The highest BCUT2D eigenvalue weighted by Crippen LogP contribution is 2.38. The summed E-state index contributed by atoms with van der Waals surface area (Å²) in [6.07, 6.45) is 1.10. The van der Waals surface area contributed by atoms with Gasteiger partial charge in [0.1, 0.15) is 5.75 Å². The SMILES string of the molecule is CC(C)C(CC(C)(C)c1ccccc1)c1ccc(O)cc1. The molecule has 1 nitrogen and oxygen atoms in total. The molecule has 0 aliphatic heterocycles. The zero-order valence-electron chi connectivity index (χ0n) is 13.5. The highest BCUT2D eigenvalue weighted by atomic mass is 16.3. The molecular formula is C20H26O. The largest absolute Gasteiger partial charge is 0.508 e. The van der Waals surface area contributed by atoms with E-state index >= 15 is 0 Å². The lowest BCUT2D eigenvalue weighted by Gasteiger charge is -2.33. The topological polar surface area (TPSA) is 20.2 Å². The summed E-state index contributed by atoms with van der Waals surface area (Å²) in [5.41, 5.74) is 2.83. The molecule has 0 aliphatic carbocycles. The van der Waals surface area contributed by atoms with Gasteiger partial charge in [0.15, 0.2) is 0 Å². The van der Waals surface area contributed by atoms with Crippen molar-refractivity contribution in [3.05, 3.63) is 65.7 Å². The van der Waals surface area contributed by atoms with Gasteiger partial charge in [0.05, 0.1) is 0 Å². The van der Waals surface area contributed by atoms with Crippen LogP contribution in [0.25, 0.3) is 0 Å². The number of rotatable bonds is 5. The van der Waals surface area contributed by atoms with Crippen molar-refractivity contribution in [1.29, 1.82) is 0 Å². The molecule has 0 amide bonds. The van der Waals surface area contributed by atoms with Gasteiger partial charge in [0, 0.05) is 0 Å². The number of phenolic OH excluding ortho intramolecular Hbond substituents is 1.